The van der Waals surface area contributed by atoms with Crippen LogP contribution in [0.2, 0.25) is 0 Å². The van der Waals surface area contributed by atoms with Crippen LogP contribution in [0.25, 0.3) is 90.0 Å². The molecule has 0 atom stereocenters. The zero-order chi connectivity index (χ0) is 37.0. The third-order valence-electron chi connectivity index (χ3n) is 9.96. The molecule has 262 valence electrons. The molecule has 2 aromatic heterocycles. The van der Waals surface area contributed by atoms with Gasteiger partial charge in [-0.3, -0.25) is 0 Å². The summed E-state index contributed by atoms with van der Waals surface area (Å²) in [4.78, 5) is 18.9. The van der Waals surface area contributed by atoms with E-state index >= 15 is 0 Å². The standard InChI is InChI=1S/C50H37N5/c1-51-33-11-10-14-35-25-27-39(28-26-35)49-52-48(38-15-4-2-5-16-38)53-50(54-49)41-18-12-17-40(34-41)36-29-31-37(32-30-36)43-22-13-24-46-47(43)44-21-8-9-23-45(44)55(46)42-19-6-3-7-20-42/h2-10,12-32,34H,1,11,33H2/b14-10+. The Hall–Kier alpha value is -7.24. The van der Waals surface area contributed by atoms with Crippen molar-refractivity contribution in [2.45, 2.75) is 6.42 Å². The monoisotopic (exact) mass is 707 g/mol. The summed E-state index contributed by atoms with van der Waals surface area (Å²) in [6.07, 6.45) is 5.08. The highest BCUT2D eigenvalue weighted by Crippen LogP contribution is 2.39. The van der Waals surface area contributed by atoms with E-state index in [2.05, 4.69) is 174 Å². The van der Waals surface area contributed by atoms with Crippen molar-refractivity contribution >= 4 is 34.6 Å². The van der Waals surface area contributed by atoms with Crippen LogP contribution in [0.5, 0.6) is 0 Å². The van der Waals surface area contributed by atoms with E-state index in [1.165, 1.54) is 32.9 Å². The summed E-state index contributed by atoms with van der Waals surface area (Å²) in [5.41, 5.74) is 12.0. The van der Waals surface area contributed by atoms with Gasteiger partial charge in [-0.2, -0.15) is 0 Å². The number of aliphatic imine (C=N–C) groups is 1. The van der Waals surface area contributed by atoms with Gasteiger partial charge in [-0.15, -0.1) is 0 Å². The van der Waals surface area contributed by atoms with Crippen LogP contribution < -0.4 is 0 Å². The molecule has 0 fully saturated rings. The normalized spacial score (nSPS) is 11.4. The van der Waals surface area contributed by atoms with E-state index in [9.17, 15) is 0 Å². The van der Waals surface area contributed by atoms with E-state index in [1.54, 1.807) is 0 Å². The van der Waals surface area contributed by atoms with Crippen molar-refractivity contribution < 1.29 is 0 Å². The Morgan fingerprint density at radius 3 is 1.80 bits per heavy atom. The Morgan fingerprint density at radius 1 is 0.491 bits per heavy atom. The molecule has 9 rings (SSSR count). The Morgan fingerprint density at radius 2 is 1.05 bits per heavy atom. The van der Waals surface area contributed by atoms with Crippen molar-refractivity contribution in [1.29, 1.82) is 0 Å². The molecule has 0 spiro atoms. The largest absolute Gasteiger partial charge is 0.309 e. The van der Waals surface area contributed by atoms with Crippen LogP contribution >= 0.6 is 0 Å². The van der Waals surface area contributed by atoms with Crippen molar-refractivity contribution in [1.82, 2.24) is 19.5 Å². The second-order valence-electron chi connectivity index (χ2n) is 13.5. The quantitative estimate of drug-likeness (QED) is 0.105. The van der Waals surface area contributed by atoms with Crippen molar-refractivity contribution in [3.63, 3.8) is 0 Å². The molecular formula is C50H37N5. The molecule has 0 bridgehead atoms. The van der Waals surface area contributed by atoms with Gasteiger partial charge < -0.3 is 9.56 Å². The Kier molecular flexibility index (Phi) is 9.17. The highest BCUT2D eigenvalue weighted by molar-refractivity contribution is 6.15. The summed E-state index contributed by atoms with van der Waals surface area (Å²) in [6, 6.07) is 61.6. The van der Waals surface area contributed by atoms with Crippen molar-refractivity contribution in [2.24, 2.45) is 4.99 Å². The van der Waals surface area contributed by atoms with Gasteiger partial charge in [0.25, 0.3) is 0 Å². The van der Waals surface area contributed by atoms with Crippen LogP contribution in [0.4, 0.5) is 0 Å². The van der Waals surface area contributed by atoms with Gasteiger partial charge in [0, 0.05) is 39.7 Å². The van der Waals surface area contributed by atoms with Gasteiger partial charge in [-0.25, -0.2) is 15.0 Å². The molecule has 0 N–H and O–H groups in total. The van der Waals surface area contributed by atoms with E-state index in [0.29, 0.717) is 17.5 Å². The van der Waals surface area contributed by atoms with E-state index in [1.807, 2.05) is 30.3 Å². The summed E-state index contributed by atoms with van der Waals surface area (Å²) in [5.74, 6) is 1.90. The molecule has 5 nitrogen and oxygen atoms in total. The number of benzene rings is 7. The molecule has 2 heterocycles. The lowest BCUT2D eigenvalue weighted by Gasteiger charge is -2.11. The number of hydrogen-bond acceptors (Lipinski definition) is 4. The molecule has 0 aliphatic carbocycles. The molecule has 0 amide bonds. The number of fused-ring (bicyclic) bond motifs is 3. The lowest BCUT2D eigenvalue weighted by atomic mass is 9.96. The van der Waals surface area contributed by atoms with E-state index in [4.69, 9.17) is 15.0 Å². The minimum absolute atomic E-state index is 0.629. The first-order valence-electron chi connectivity index (χ1n) is 18.5. The summed E-state index contributed by atoms with van der Waals surface area (Å²) in [5, 5.41) is 2.49. The number of aromatic nitrogens is 4. The first-order valence-corrected chi connectivity index (χ1v) is 18.5. The number of nitrogens with zero attached hydrogens (tertiary/aromatic N) is 5. The minimum atomic E-state index is 0.629. The maximum atomic E-state index is 5.02. The fraction of sp³-hybridized carbons (Fsp3) is 0.0400. The second kappa shape index (κ2) is 15.0. The average Bonchev–Trinajstić information content (AvgIpc) is 3.61. The predicted molar refractivity (Wildman–Crippen MR) is 229 cm³/mol. The number of rotatable bonds is 10. The van der Waals surface area contributed by atoms with Gasteiger partial charge in [-0.05, 0) is 71.3 Å². The molecule has 0 aliphatic rings. The molecule has 0 saturated carbocycles. The first kappa shape index (κ1) is 33.6. The summed E-state index contributed by atoms with van der Waals surface area (Å²) in [7, 11) is 0. The molecule has 7 aromatic carbocycles. The van der Waals surface area contributed by atoms with Crippen LogP contribution in [0.1, 0.15) is 12.0 Å². The van der Waals surface area contributed by atoms with Gasteiger partial charge >= 0.3 is 0 Å². The third kappa shape index (κ3) is 6.76. The van der Waals surface area contributed by atoms with Crippen LogP contribution in [-0.2, 0) is 0 Å². The molecule has 9 aromatic rings. The topological polar surface area (TPSA) is 56.0 Å². The van der Waals surface area contributed by atoms with Crippen LogP contribution in [0.3, 0.4) is 0 Å². The second-order valence-corrected chi connectivity index (χ2v) is 13.5. The van der Waals surface area contributed by atoms with Gasteiger partial charge in [0.15, 0.2) is 17.5 Å². The van der Waals surface area contributed by atoms with Gasteiger partial charge in [-0.1, -0.05) is 158 Å². The third-order valence-corrected chi connectivity index (χ3v) is 9.96. The smallest absolute Gasteiger partial charge is 0.164 e. The molecule has 55 heavy (non-hydrogen) atoms. The molecule has 5 heteroatoms. The first-order chi connectivity index (χ1) is 27.2. The predicted octanol–water partition coefficient (Wildman–Crippen LogP) is 12.4. The molecule has 0 aliphatic heterocycles. The summed E-state index contributed by atoms with van der Waals surface area (Å²) < 4.78 is 2.36. The number of hydrogen-bond donors (Lipinski definition) is 0. The van der Waals surface area contributed by atoms with Crippen LogP contribution in [-0.4, -0.2) is 32.8 Å². The van der Waals surface area contributed by atoms with Crippen LogP contribution in [0, 0.1) is 0 Å². The van der Waals surface area contributed by atoms with Crippen molar-refractivity contribution in [2.75, 3.05) is 6.54 Å². The summed E-state index contributed by atoms with van der Waals surface area (Å²) >= 11 is 0. The highest BCUT2D eigenvalue weighted by Gasteiger charge is 2.17. The zero-order valence-electron chi connectivity index (χ0n) is 30.3. The fourth-order valence-electron chi connectivity index (χ4n) is 7.27. The Bertz CT molecular complexity index is 2800. The van der Waals surface area contributed by atoms with Crippen molar-refractivity contribution in [3.8, 4) is 62.1 Å². The molecule has 0 saturated heterocycles. The number of para-hydroxylation sites is 2. The maximum absolute atomic E-state index is 5.02. The van der Waals surface area contributed by atoms with E-state index in [-0.39, 0.29) is 0 Å². The lowest BCUT2D eigenvalue weighted by Crippen LogP contribution is -2.00. The van der Waals surface area contributed by atoms with E-state index in [0.717, 1.165) is 52.0 Å². The van der Waals surface area contributed by atoms with Gasteiger partial charge in [0.1, 0.15) is 0 Å². The Labute approximate surface area is 320 Å². The Balaban J connectivity index is 1.07. The summed E-state index contributed by atoms with van der Waals surface area (Å²) in [6.45, 7) is 4.28. The molecular weight excluding hydrogens is 671 g/mol. The van der Waals surface area contributed by atoms with E-state index < -0.39 is 0 Å². The van der Waals surface area contributed by atoms with Gasteiger partial charge in [0.2, 0.25) is 0 Å². The maximum Gasteiger partial charge on any atom is 0.164 e. The lowest BCUT2D eigenvalue weighted by molar-refractivity contribution is 1.02. The fourth-order valence-corrected chi connectivity index (χ4v) is 7.27. The average molecular weight is 708 g/mol. The molecule has 0 radical (unpaired) electrons. The SMILES string of the molecule is C=NCC/C=C/c1ccc(-c2nc(-c3ccccc3)nc(-c3cccc(-c4ccc(-c5cccc6c5c5ccccc5n6-c5ccccc5)cc4)c3)n2)cc1. The molecule has 0 unspecified atom stereocenters. The minimum Gasteiger partial charge on any atom is -0.309 e. The zero-order valence-corrected chi connectivity index (χ0v) is 30.3. The highest BCUT2D eigenvalue weighted by atomic mass is 15.0. The van der Waals surface area contributed by atoms with Gasteiger partial charge in [0.05, 0.1) is 11.0 Å². The van der Waals surface area contributed by atoms with Crippen LogP contribution in [0.15, 0.2) is 187 Å². The van der Waals surface area contributed by atoms with Crippen molar-refractivity contribution in [3.05, 3.63) is 188 Å².